The summed E-state index contributed by atoms with van der Waals surface area (Å²) in [5.74, 6) is -0.0855. The molecule has 112 valence electrons. The summed E-state index contributed by atoms with van der Waals surface area (Å²) in [5, 5.41) is 9.42. The highest BCUT2D eigenvalue weighted by molar-refractivity contribution is 8.00. The second-order valence-electron chi connectivity index (χ2n) is 5.93. The number of benzene rings is 1. The molecule has 1 amide bonds. The van der Waals surface area contributed by atoms with Crippen LogP contribution in [0.5, 0.6) is 0 Å². The second-order valence-corrected chi connectivity index (χ2v) is 7.08. The summed E-state index contributed by atoms with van der Waals surface area (Å²) < 4.78 is 0. The van der Waals surface area contributed by atoms with Gasteiger partial charge in [0.2, 0.25) is 0 Å². The van der Waals surface area contributed by atoms with Gasteiger partial charge < -0.3 is 10.0 Å². The third-order valence-corrected chi connectivity index (χ3v) is 5.80. The van der Waals surface area contributed by atoms with Crippen molar-refractivity contribution in [3.8, 4) is 0 Å². The smallest absolute Gasteiger partial charge is 0.327 e. The minimum Gasteiger partial charge on any atom is -0.480 e. The maximum atomic E-state index is 12.8. The number of carbonyl (C=O) groups is 2. The second kappa shape index (κ2) is 5.37. The topological polar surface area (TPSA) is 57.6 Å². The normalized spacial score (nSPS) is 25.1. The molecule has 1 saturated heterocycles. The summed E-state index contributed by atoms with van der Waals surface area (Å²) in [6.45, 7) is 3.97. The maximum Gasteiger partial charge on any atom is 0.327 e. The number of hydrogen-bond donors (Lipinski definition) is 1. The number of amides is 1. The van der Waals surface area contributed by atoms with Gasteiger partial charge in [-0.1, -0.05) is 6.07 Å². The predicted octanol–water partition coefficient (Wildman–Crippen LogP) is 2.68. The number of thioether (sulfide) groups is 1. The summed E-state index contributed by atoms with van der Waals surface area (Å²) >= 11 is 1.61. The number of carboxylic acids is 1. The van der Waals surface area contributed by atoms with Crippen LogP contribution in [0, 0.1) is 19.8 Å². The minimum atomic E-state index is -0.900. The van der Waals surface area contributed by atoms with Crippen LogP contribution in [0.2, 0.25) is 0 Å². The molecular weight excluding hydrogens is 286 g/mol. The van der Waals surface area contributed by atoms with E-state index in [2.05, 4.69) is 0 Å². The zero-order chi connectivity index (χ0) is 15.1. The molecule has 0 radical (unpaired) electrons. The summed E-state index contributed by atoms with van der Waals surface area (Å²) in [6.07, 6.45) is 2.20. The summed E-state index contributed by atoms with van der Waals surface area (Å²) in [7, 11) is 0. The lowest BCUT2D eigenvalue weighted by Gasteiger charge is -2.27. The lowest BCUT2D eigenvalue weighted by atomic mass is 10.0. The minimum absolute atomic E-state index is 0.0280. The molecule has 21 heavy (non-hydrogen) atoms. The van der Waals surface area contributed by atoms with Gasteiger partial charge in [-0.25, -0.2) is 4.79 Å². The van der Waals surface area contributed by atoms with E-state index in [1.165, 1.54) is 0 Å². The van der Waals surface area contributed by atoms with Crippen LogP contribution >= 0.6 is 11.8 Å². The lowest BCUT2D eigenvalue weighted by molar-refractivity contribution is -0.141. The standard InChI is InChI=1S/C16H19NO3S/c1-9-3-4-12(7-10(9)2)14(18)17-13(16(19)20)8-21-15(17)11-5-6-11/h3-4,7,11,13,15H,5-6,8H2,1-2H3,(H,19,20). The average molecular weight is 305 g/mol. The molecule has 1 aliphatic carbocycles. The highest BCUT2D eigenvalue weighted by Crippen LogP contribution is 2.45. The van der Waals surface area contributed by atoms with E-state index in [9.17, 15) is 14.7 Å². The predicted molar refractivity (Wildman–Crippen MR) is 82.5 cm³/mol. The first kappa shape index (κ1) is 14.4. The van der Waals surface area contributed by atoms with Crippen LogP contribution in [0.3, 0.4) is 0 Å². The van der Waals surface area contributed by atoms with Gasteiger partial charge in [0.1, 0.15) is 6.04 Å². The van der Waals surface area contributed by atoms with Crippen molar-refractivity contribution in [1.82, 2.24) is 4.90 Å². The number of nitrogens with zero attached hydrogens (tertiary/aromatic N) is 1. The van der Waals surface area contributed by atoms with E-state index in [1.54, 1.807) is 22.7 Å². The third-order valence-electron chi connectivity index (χ3n) is 4.33. The summed E-state index contributed by atoms with van der Waals surface area (Å²) in [5.41, 5.74) is 2.79. The van der Waals surface area contributed by atoms with Gasteiger partial charge in [0.05, 0.1) is 5.37 Å². The van der Waals surface area contributed by atoms with Crippen LogP contribution in [0.1, 0.15) is 34.3 Å². The van der Waals surface area contributed by atoms with Gasteiger partial charge in [0.15, 0.2) is 0 Å². The molecule has 1 saturated carbocycles. The van der Waals surface area contributed by atoms with Crippen molar-refractivity contribution < 1.29 is 14.7 Å². The van der Waals surface area contributed by atoms with Gasteiger partial charge in [-0.3, -0.25) is 4.79 Å². The Labute approximate surface area is 128 Å². The Bertz CT molecular complexity index is 597. The highest BCUT2D eigenvalue weighted by atomic mass is 32.2. The molecule has 1 heterocycles. The van der Waals surface area contributed by atoms with Crippen LogP contribution in [0.15, 0.2) is 18.2 Å². The molecule has 0 bridgehead atoms. The molecule has 0 aromatic heterocycles. The highest BCUT2D eigenvalue weighted by Gasteiger charge is 2.48. The van der Waals surface area contributed by atoms with E-state index < -0.39 is 12.0 Å². The number of carboxylic acid groups (broad SMARTS) is 1. The number of rotatable bonds is 3. The van der Waals surface area contributed by atoms with Gasteiger partial charge >= 0.3 is 5.97 Å². The average Bonchev–Trinajstić information content (AvgIpc) is 3.19. The van der Waals surface area contributed by atoms with E-state index in [-0.39, 0.29) is 11.3 Å². The Hall–Kier alpha value is -1.49. The molecular formula is C16H19NO3S. The number of aryl methyl sites for hydroxylation is 2. The molecule has 1 aliphatic heterocycles. The van der Waals surface area contributed by atoms with E-state index in [1.807, 2.05) is 26.0 Å². The Kier molecular flexibility index (Phi) is 3.69. The molecule has 2 aliphatic rings. The number of aliphatic carboxylic acids is 1. The van der Waals surface area contributed by atoms with Gasteiger partial charge in [0, 0.05) is 11.3 Å². The molecule has 2 fully saturated rings. The van der Waals surface area contributed by atoms with E-state index in [0.717, 1.165) is 24.0 Å². The Balaban J connectivity index is 1.91. The zero-order valence-electron chi connectivity index (χ0n) is 12.2. The summed E-state index contributed by atoms with van der Waals surface area (Å²) in [4.78, 5) is 25.9. The van der Waals surface area contributed by atoms with Crippen molar-refractivity contribution in [2.45, 2.75) is 38.1 Å². The van der Waals surface area contributed by atoms with Crippen molar-refractivity contribution in [2.75, 3.05) is 5.75 Å². The number of hydrogen-bond acceptors (Lipinski definition) is 3. The van der Waals surface area contributed by atoms with Crippen molar-refractivity contribution in [1.29, 1.82) is 0 Å². The fourth-order valence-corrected chi connectivity index (χ4v) is 4.37. The largest absolute Gasteiger partial charge is 0.480 e. The van der Waals surface area contributed by atoms with Crippen molar-refractivity contribution in [3.05, 3.63) is 34.9 Å². The molecule has 1 aromatic rings. The SMILES string of the molecule is Cc1ccc(C(=O)N2C(C(=O)O)CSC2C2CC2)cc1C. The Morgan fingerprint density at radius 3 is 2.52 bits per heavy atom. The van der Waals surface area contributed by atoms with E-state index >= 15 is 0 Å². The fraction of sp³-hybridized carbons (Fsp3) is 0.500. The van der Waals surface area contributed by atoms with E-state index in [0.29, 0.717) is 17.2 Å². The molecule has 5 heteroatoms. The lowest BCUT2D eigenvalue weighted by Crippen LogP contribution is -2.46. The van der Waals surface area contributed by atoms with Crippen molar-refractivity contribution in [2.24, 2.45) is 5.92 Å². The van der Waals surface area contributed by atoms with Crippen LogP contribution in [0.25, 0.3) is 0 Å². The summed E-state index contributed by atoms with van der Waals surface area (Å²) in [6, 6.07) is 4.89. The first-order valence-electron chi connectivity index (χ1n) is 7.23. The van der Waals surface area contributed by atoms with Gasteiger partial charge in [-0.15, -0.1) is 11.8 Å². The molecule has 0 spiro atoms. The van der Waals surface area contributed by atoms with Crippen LogP contribution in [-0.4, -0.2) is 39.1 Å². The zero-order valence-corrected chi connectivity index (χ0v) is 13.0. The van der Waals surface area contributed by atoms with Crippen molar-refractivity contribution in [3.63, 3.8) is 0 Å². The van der Waals surface area contributed by atoms with Gasteiger partial charge in [-0.2, -0.15) is 0 Å². The van der Waals surface area contributed by atoms with Crippen molar-refractivity contribution >= 4 is 23.6 Å². The Morgan fingerprint density at radius 2 is 1.95 bits per heavy atom. The third kappa shape index (κ3) is 2.67. The van der Waals surface area contributed by atoms with Gasteiger partial charge in [0.25, 0.3) is 5.91 Å². The van der Waals surface area contributed by atoms with Crippen LogP contribution < -0.4 is 0 Å². The van der Waals surface area contributed by atoms with Crippen LogP contribution in [0.4, 0.5) is 0 Å². The molecule has 4 nitrogen and oxygen atoms in total. The first-order chi connectivity index (χ1) is 9.99. The fourth-order valence-electron chi connectivity index (χ4n) is 2.74. The van der Waals surface area contributed by atoms with E-state index in [4.69, 9.17) is 0 Å². The first-order valence-corrected chi connectivity index (χ1v) is 8.28. The van der Waals surface area contributed by atoms with Gasteiger partial charge in [-0.05, 0) is 55.9 Å². The molecule has 2 unspecified atom stereocenters. The molecule has 1 N–H and O–H groups in total. The monoisotopic (exact) mass is 305 g/mol. The Morgan fingerprint density at radius 1 is 1.24 bits per heavy atom. The maximum absolute atomic E-state index is 12.8. The number of carbonyl (C=O) groups excluding carboxylic acids is 1. The molecule has 2 atom stereocenters. The quantitative estimate of drug-likeness (QED) is 0.933. The molecule has 3 rings (SSSR count). The molecule has 1 aromatic carbocycles. The van der Waals surface area contributed by atoms with Crippen LogP contribution in [-0.2, 0) is 4.79 Å².